The van der Waals surface area contributed by atoms with E-state index in [1.807, 2.05) is 24.0 Å². The molecule has 0 bridgehead atoms. The number of carbonyl (C=O) groups is 2. The Morgan fingerprint density at radius 3 is 2.89 bits per heavy atom. The van der Waals surface area contributed by atoms with Gasteiger partial charge >= 0.3 is 0 Å². The van der Waals surface area contributed by atoms with Gasteiger partial charge in [0.25, 0.3) is 5.91 Å². The summed E-state index contributed by atoms with van der Waals surface area (Å²) in [6.45, 7) is 2.75. The maximum Gasteiger partial charge on any atom is 0.254 e. The van der Waals surface area contributed by atoms with Gasteiger partial charge in [0.05, 0.1) is 6.42 Å². The molecule has 1 aliphatic carbocycles. The lowest BCUT2D eigenvalue weighted by molar-refractivity contribution is -0.115. The second-order valence-corrected chi connectivity index (χ2v) is 4.92. The summed E-state index contributed by atoms with van der Waals surface area (Å²) >= 11 is 0. The Morgan fingerprint density at radius 1 is 1.44 bits per heavy atom. The second kappa shape index (κ2) is 4.12. The lowest BCUT2D eigenvalue weighted by Gasteiger charge is -2.20. The number of nitrogens with zero attached hydrogens (tertiary/aromatic N) is 1. The Balaban J connectivity index is 1.86. The van der Waals surface area contributed by atoms with Crippen molar-refractivity contribution in [3.05, 3.63) is 29.3 Å². The molecule has 4 heteroatoms. The van der Waals surface area contributed by atoms with Gasteiger partial charge in [-0.05, 0) is 37.5 Å². The van der Waals surface area contributed by atoms with E-state index in [9.17, 15) is 9.59 Å². The first-order valence-electron chi connectivity index (χ1n) is 6.43. The van der Waals surface area contributed by atoms with Gasteiger partial charge in [-0.3, -0.25) is 9.59 Å². The third-order valence-electron chi connectivity index (χ3n) is 3.57. The first-order chi connectivity index (χ1) is 8.69. The Morgan fingerprint density at radius 2 is 2.22 bits per heavy atom. The van der Waals surface area contributed by atoms with Crippen molar-refractivity contribution in [2.24, 2.45) is 0 Å². The summed E-state index contributed by atoms with van der Waals surface area (Å²) in [4.78, 5) is 25.6. The molecule has 2 aliphatic rings. The highest BCUT2D eigenvalue weighted by molar-refractivity contribution is 6.02. The molecule has 0 radical (unpaired) electrons. The maximum atomic E-state index is 12.4. The lowest BCUT2D eigenvalue weighted by Crippen LogP contribution is -2.32. The largest absolute Gasteiger partial charge is 0.336 e. The van der Waals surface area contributed by atoms with Gasteiger partial charge in [-0.2, -0.15) is 0 Å². The van der Waals surface area contributed by atoms with Crippen LogP contribution in [0.15, 0.2) is 18.2 Å². The SMILES string of the molecule is CCN(C(=O)c1ccc2c(c1)NC(=O)C2)C1CC1. The fourth-order valence-electron chi connectivity index (χ4n) is 2.47. The van der Waals surface area contributed by atoms with Crippen LogP contribution in [0.2, 0.25) is 0 Å². The van der Waals surface area contributed by atoms with E-state index < -0.39 is 0 Å². The normalized spacial score (nSPS) is 17.3. The van der Waals surface area contributed by atoms with Crippen LogP contribution in [0.5, 0.6) is 0 Å². The van der Waals surface area contributed by atoms with Crippen molar-refractivity contribution in [2.45, 2.75) is 32.2 Å². The van der Waals surface area contributed by atoms with Crippen LogP contribution in [-0.4, -0.2) is 29.3 Å². The first-order valence-corrected chi connectivity index (χ1v) is 6.43. The third kappa shape index (κ3) is 1.88. The number of hydrogen-bond donors (Lipinski definition) is 1. The molecule has 2 amide bonds. The van der Waals surface area contributed by atoms with Gasteiger partial charge in [0, 0.05) is 23.8 Å². The average Bonchev–Trinajstić information content (AvgIpc) is 3.10. The molecule has 0 aromatic heterocycles. The molecule has 18 heavy (non-hydrogen) atoms. The number of amides is 2. The van der Waals surface area contributed by atoms with Crippen molar-refractivity contribution in [1.29, 1.82) is 0 Å². The van der Waals surface area contributed by atoms with Crippen LogP contribution in [0, 0.1) is 0 Å². The number of carbonyl (C=O) groups excluding carboxylic acids is 2. The Kier molecular flexibility index (Phi) is 2.58. The fourth-order valence-corrected chi connectivity index (χ4v) is 2.47. The molecule has 1 heterocycles. The zero-order valence-electron chi connectivity index (χ0n) is 10.4. The Labute approximate surface area is 106 Å². The minimum atomic E-state index is 0.00383. The van der Waals surface area contributed by atoms with Gasteiger partial charge in [0.2, 0.25) is 5.91 Å². The van der Waals surface area contributed by atoms with E-state index in [0.29, 0.717) is 18.0 Å². The van der Waals surface area contributed by atoms with Crippen LogP contribution in [0.1, 0.15) is 35.7 Å². The summed E-state index contributed by atoms with van der Waals surface area (Å²) in [5.74, 6) is 0.0769. The minimum absolute atomic E-state index is 0.00383. The van der Waals surface area contributed by atoms with Crippen LogP contribution in [0.3, 0.4) is 0 Å². The molecule has 1 aliphatic heterocycles. The van der Waals surface area contributed by atoms with Gasteiger partial charge in [0.15, 0.2) is 0 Å². The third-order valence-corrected chi connectivity index (χ3v) is 3.57. The standard InChI is InChI=1S/C14H16N2O2/c1-2-16(11-5-6-11)14(18)10-4-3-9-8-13(17)15-12(9)7-10/h3-4,7,11H,2,5-6,8H2,1H3,(H,15,17). The fraction of sp³-hybridized carbons (Fsp3) is 0.429. The van der Waals surface area contributed by atoms with Crippen molar-refractivity contribution in [3.63, 3.8) is 0 Å². The molecule has 4 nitrogen and oxygen atoms in total. The number of fused-ring (bicyclic) bond motifs is 1. The Bertz CT molecular complexity index is 521. The molecular formula is C14H16N2O2. The maximum absolute atomic E-state index is 12.4. The van der Waals surface area contributed by atoms with E-state index in [0.717, 1.165) is 30.6 Å². The molecule has 94 valence electrons. The monoisotopic (exact) mass is 244 g/mol. The Hall–Kier alpha value is -1.84. The smallest absolute Gasteiger partial charge is 0.254 e. The van der Waals surface area contributed by atoms with E-state index in [-0.39, 0.29) is 11.8 Å². The van der Waals surface area contributed by atoms with Crippen molar-refractivity contribution < 1.29 is 9.59 Å². The number of anilines is 1. The molecule has 3 rings (SSSR count). The summed E-state index contributed by atoms with van der Waals surface area (Å²) in [6.07, 6.45) is 2.65. The van der Waals surface area contributed by atoms with E-state index in [2.05, 4.69) is 5.32 Å². The molecule has 1 N–H and O–H groups in total. The minimum Gasteiger partial charge on any atom is -0.336 e. The van der Waals surface area contributed by atoms with Crippen molar-refractivity contribution >= 4 is 17.5 Å². The van der Waals surface area contributed by atoms with Crippen LogP contribution < -0.4 is 5.32 Å². The van der Waals surface area contributed by atoms with Crippen LogP contribution in [0.25, 0.3) is 0 Å². The zero-order valence-corrected chi connectivity index (χ0v) is 10.4. The second-order valence-electron chi connectivity index (χ2n) is 4.92. The van der Waals surface area contributed by atoms with Gasteiger partial charge in [-0.1, -0.05) is 6.07 Å². The van der Waals surface area contributed by atoms with Crippen LogP contribution in [0.4, 0.5) is 5.69 Å². The number of rotatable bonds is 3. The highest BCUT2D eigenvalue weighted by Gasteiger charge is 2.32. The molecule has 1 saturated carbocycles. The van der Waals surface area contributed by atoms with Crippen molar-refractivity contribution in [2.75, 3.05) is 11.9 Å². The molecule has 0 spiro atoms. The van der Waals surface area contributed by atoms with Gasteiger partial charge in [-0.25, -0.2) is 0 Å². The number of nitrogens with one attached hydrogen (secondary N) is 1. The molecule has 1 aromatic carbocycles. The van der Waals surface area contributed by atoms with E-state index >= 15 is 0 Å². The summed E-state index contributed by atoms with van der Waals surface area (Å²) in [5, 5.41) is 2.78. The van der Waals surface area contributed by atoms with Crippen molar-refractivity contribution in [3.8, 4) is 0 Å². The summed E-state index contributed by atoms with van der Waals surface area (Å²) in [6, 6.07) is 5.92. The van der Waals surface area contributed by atoms with E-state index in [1.165, 1.54) is 0 Å². The topological polar surface area (TPSA) is 49.4 Å². The molecule has 0 atom stereocenters. The van der Waals surface area contributed by atoms with Crippen LogP contribution in [-0.2, 0) is 11.2 Å². The molecule has 1 fully saturated rings. The van der Waals surface area contributed by atoms with E-state index in [1.54, 1.807) is 6.07 Å². The molecule has 0 saturated heterocycles. The summed E-state index contributed by atoms with van der Waals surface area (Å²) in [7, 11) is 0. The quantitative estimate of drug-likeness (QED) is 0.881. The van der Waals surface area contributed by atoms with Gasteiger partial charge in [-0.15, -0.1) is 0 Å². The van der Waals surface area contributed by atoms with Crippen LogP contribution >= 0.6 is 0 Å². The predicted octanol–water partition coefficient (Wildman–Crippen LogP) is 1.81. The molecular weight excluding hydrogens is 228 g/mol. The molecule has 0 unspecified atom stereocenters. The van der Waals surface area contributed by atoms with Crippen molar-refractivity contribution in [1.82, 2.24) is 4.90 Å². The van der Waals surface area contributed by atoms with Gasteiger partial charge in [0.1, 0.15) is 0 Å². The highest BCUT2D eigenvalue weighted by Crippen LogP contribution is 2.29. The predicted molar refractivity (Wildman–Crippen MR) is 68.5 cm³/mol. The zero-order chi connectivity index (χ0) is 12.7. The number of hydrogen-bond acceptors (Lipinski definition) is 2. The first kappa shape index (κ1) is 11.3. The van der Waals surface area contributed by atoms with E-state index in [4.69, 9.17) is 0 Å². The summed E-state index contributed by atoms with van der Waals surface area (Å²) in [5.41, 5.74) is 2.44. The average molecular weight is 244 g/mol. The number of benzene rings is 1. The highest BCUT2D eigenvalue weighted by atomic mass is 16.2. The molecule has 1 aromatic rings. The lowest BCUT2D eigenvalue weighted by atomic mass is 10.1. The summed E-state index contributed by atoms with van der Waals surface area (Å²) < 4.78 is 0. The van der Waals surface area contributed by atoms with Gasteiger partial charge < -0.3 is 10.2 Å².